The van der Waals surface area contributed by atoms with Gasteiger partial charge in [-0.15, -0.1) is 0 Å². The average Bonchev–Trinajstić information content (AvgIpc) is 2.83. The molecule has 0 unspecified atom stereocenters. The highest BCUT2D eigenvalue weighted by Crippen LogP contribution is 2.29. The van der Waals surface area contributed by atoms with Crippen LogP contribution in [-0.2, 0) is 19.0 Å². The van der Waals surface area contributed by atoms with E-state index in [-0.39, 0.29) is 11.3 Å². The van der Waals surface area contributed by atoms with Crippen molar-refractivity contribution in [2.24, 2.45) is 0 Å². The van der Waals surface area contributed by atoms with Crippen LogP contribution in [0.1, 0.15) is 24.2 Å². The first kappa shape index (κ1) is 18.6. The second-order valence-electron chi connectivity index (χ2n) is 5.28. The standard InChI is InChI=1S/C15H16INO7/c1-8-13(23-9(2)18)14(12(7-16)22-8)24-15(19)10-3-5-11(6-4-10)17(20)21/h3-6,8,12-14H,7H2,1-2H3/t8-,12+,13+,14+/m0/s1. The van der Waals surface area contributed by atoms with E-state index in [2.05, 4.69) is 22.6 Å². The first-order valence-electron chi connectivity index (χ1n) is 7.17. The molecule has 8 nitrogen and oxygen atoms in total. The van der Waals surface area contributed by atoms with Crippen molar-refractivity contribution in [2.45, 2.75) is 38.3 Å². The molecule has 1 aromatic rings. The molecule has 9 heteroatoms. The van der Waals surface area contributed by atoms with Crippen molar-refractivity contribution < 1.29 is 28.7 Å². The molecule has 0 amide bonds. The van der Waals surface area contributed by atoms with Crippen molar-refractivity contribution in [3.05, 3.63) is 39.9 Å². The second kappa shape index (κ2) is 7.88. The minimum atomic E-state index is -0.733. The summed E-state index contributed by atoms with van der Waals surface area (Å²) in [6.45, 7) is 3.02. The fourth-order valence-corrected chi connectivity index (χ4v) is 3.15. The van der Waals surface area contributed by atoms with Crippen LogP contribution >= 0.6 is 22.6 Å². The van der Waals surface area contributed by atoms with Crippen LogP contribution in [0.5, 0.6) is 0 Å². The molecular weight excluding hydrogens is 433 g/mol. The van der Waals surface area contributed by atoms with Crippen molar-refractivity contribution in [3.8, 4) is 0 Å². The summed E-state index contributed by atoms with van der Waals surface area (Å²) in [5.41, 5.74) is 0.0567. The van der Waals surface area contributed by atoms with Crippen LogP contribution in [0.25, 0.3) is 0 Å². The molecule has 1 aromatic carbocycles. The Labute approximate surface area is 151 Å². The van der Waals surface area contributed by atoms with E-state index in [9.17, 15) is 19.7 Å². The van der Waals surface area contributed by atoms with Gasteiger partial charge in [-0.1, -0.05) is 22.6 Å². The summed E-state index contributed by atoms with van der Waals surface area (Å²) in [5.74, 6) is -1.14. The monoisotopic (exact) mass is 449 g/mol. The lowest BCUT2D eigenvalue weighted by molar-refractivity contribution is -0.384. The Morgan fingerprint density at radius 3 is 2.38 bits per heavy atom. The first-order chi connectivity index (χ1) is 11.3. The lowest BCUT2D eigenvalue weighted by Gasteiger charge is -2.22. The third kappa shape index (κ3) is 4.20. The van der Waals surface area contributed by atoms with Gasteiger partial charge in [-0.25, -0.2) is 4.79 Å². The number of carbonyl (C=O) groups is 2. The van der Waals surface area contributed by atoms with Gasteiger partial charge in [0.05, 0.1) is 16.6 Å². The van der Waals surface area contributed by atoms with Crippen LogP contribution in [0.3, 0.4) is 0 Å². The molecule has 1 aliphatic rings. The third-order valence-corrected chi connectivity index (χ3v) is 4.42. The van der Waals surface area contributed by atoms with Crippen LogP contribution in [0.2, 0.25) is 0 Å². The number of rotatable bonds is 5. The van der Waals surface area contributed by atoms with Gasteiger partial charge < -0.3 is 14.2 Å². The second-order valence-corrected chi connectivity index (χ2v) is 6.16. The maximum absolute atomic E-state index is 12.3. The van der Waals surface area contributed by atoms with Crippen molar-refractivity contribution in [3.63, 3.8) is 0 Å². The van der Waals surface area contributed by atoms with Gasteiger partial charge in [0.1, 0.15) is 6.10 Å². The Morgan fingerprint density at radius 2 is 1.88 bits per heavy atom. The van der Waals surface area contributed by atoms with Crippen molar-refractivity contribution in [1.82, 2.24) is 0 Å². The maximum Gasteiger partial charge on any atom is 0.338 e. The number of hydrogen-bond donors (Lipinski definition) is 0. The highest BCUT2D eigenvalue weighted by Gasteiger charge is 2.46. The molecule has 4 atom stereocenters. The number of esters is 2. The SMILES string of the molecule is CC(=O)O[C@H]1[C@H](OC(=O)c2ccc([N+](=O)[O-])cc2)[C@@H](CI)O[C@H]1C. The number of hydrogen-bond acceptors (Lipinski definition) is 7. The lowest BCUT2D eigenvalue weighted by Crippen LogP contribution is -2.40. The summed E-state index contributed by atoms with van der Waals surface area (Å²) in [6.07, 6.45) is -2.22. The molecule has 0 bridgehead atoms. The number of nitro benzene ring substituents is 1. The summed E-state index contributed by atoms with van der Waals surface area (Å²) in [5, 5.41) is 10.6. The van der Waals surface area contributed by atoms with Gasteiger partial charge >= 0.3 is 11.9 Å². The van der Waals surface area contributed by atoms with E-state index in [1.165, 1.54) is 31.2 Å². The Balaban J connectivity index is 2.14. The Kier molecular flexibility index (Phi) is 6.10. The van der Waals surface area contributed by atoms with Gasteiger partial charge in [-0.2, -0.15) is 0 Å². The fraction of sp³-hybridized carbons (Fsp3) is 0.467. The van der Waals surface area contributed by atoms with E-state index in [0.717, 1.165) is 0 Å². The number of non-ortho nitro benzene ring substituents is 1. The number of nitrogens with zero attached hydrogens (tertiary/aromatic N) is 1. The van der Waals surface area contributed by atoms with Gasteiger partial charge in [0.15, 0.2) is 12.2 Å². The van der Waals surface area contributed by atoms with Crippen LogP contribution in [0, 0.1) is 10.1 Å². The minimum absolute atomic E-state index is 0.118. The van der Waals surface area contributed by atoms with E-state index in [4.69, 9.17) is 14.2 Å². The highest BCUT2D eigenvalue weighted by atomic mass is 127. The normalized spacial score (nSPS) is 26.0. The first-order valence-corrected chi connectivity index (χ1v) is 8.70. The zero-order valence-electron chi connectivity index (χ0n) is 13.0. The fourth-order valence-electron chi connectivity index (χ4n) is 2.44. The largest absolute Gasteiger partial charge is 0.456 e. The Bertz CT molecular complexity index is 633. The summed E-state index contributed by atoms with van der Waals surface area (Å²) < 4.78 is 16.9. The van der Waals surface area contributed by atoms with Crippen molar-refractivity contribution >= 4 is 40.2 Å². The van der Waals surface area contributed by atoms with Crippen molar-refractivity contribution in [2.75, 3.05) is 4.43 Å². The van der Waals surface area contributed by atoms with E-state index >= 15 is 0 Å². The minimum Gasteiger partial charge on any atom is -0.456 e. The van der Waals surface area contributed by atoms with Gasteiger partial charge in [0.2, 0.25) is 0 Å². The molecule has 1 fully saturated rings. The quantitative estimate of drug-likeness (QED) is 0.223. The molecule has 0 spiro atoms. The number of ether oxygens (including phenoxy) is 3. The number of nitro groups is 1. The number of benzene rings is 1. The predicted octanol–water partition coefficient (Wildman–Crippen LogP) is 2.27. The molecule has 1 aliphatic heterocycles. The number of carbonyl (C=O) groups excluding carboxylic acids is 2. The molecule has 0 N–H and O–H groups in total. The number of halogens is 1. The highest BCUT2D eigenvalue weighted by molar-refractivity contribution is 14.1. The maximum atomic E-state index is 12.3. The van der Waals surface area contributed by atoms with Crippen LogP contribution in [0.4, 0.5) is 5.69 Å². The molecule has 1 saturated heterocycles. The van der Waals surface area contributed by atoms with Crippen LogP contribution in [-0.4, -0.2) is 45.7 Å². The van der Waals surface area contributed by atoms with Crippen LogP contribution in [0.15, 0.2) is 24.3 Å². The molecule has 0 aromatic heterocycles. The Morgan fingerprint density at radius 1 is 1.25 bits per heavy atom. The summed E-state index contributed by atoms with van der Waals surface area (Å²) in [4.78, 5) is 33.6. The van der Waals surface area contributed by atoms with Gasteiger partial charge in [-0.05, 0) is 19.1 Å². The zero-order valence-corrected chi connectivity index (χ0v) is 15.2. The molecule has 2 rings (SSSR count). The van der Waals surface area contributed by atoms with Gasteiger partial charge in [0.25, 0.3) is 5.69 Å². The summed E-state index contributed by atoms with van der Waals surface area (Å²) in [6, 6.07) is 5.09. The molecule has 24 heavy (non-hydrogen) atoms. The topological polar surface area (TPSA) is 105 Å². The zero-order chi connectivity index (χ0) is 17.9. The predicted molar refractivity (Wildman–Crippen MR) is 91.1 cm³/mol. The molecule has 1 heterocycles. The summed E-state index contributed by atoms with van der Waals surface area (Å²) >= 11 is 2.10. The molecular formula is C15H16INO7. The van der Waals surface area contributed by atoms with E-state index in [1.807, 2.05) is 0 Å². The molecule has 0 radical (unpaired) electrons. The van der Waals surface area contributed by atoms with Crippen molar-refractivity contribution in [1.29, 1.82) is 0 Å². The van der Waals surface area contributed by atoms with Gasteiger partial charge in [0, 0.05) is 23.5 Å². The van der Waals surface area contributed by atoms with E-state index in [0.29, 0.717) is 4.43 Å². The third-order valence-electron chi connectivity index (χ3n) is 3.55. The molecule has 130 valence electrons. The average molecular weight is 449 g/mol. The lowest BCUT2D eigenvalue weighted by atomic mass is 10.1. The molecule has 0 aliphatic carbocycles. The number of alkyl halides is 1. The van der Waals surface area contributed by atoms with Crippen LogP contribution < -0.4 is 0 Å². The smallest absolute Gasteiger partial charge is 0.338 e. The Hall–Kier alpha value is -1.75. The summed E-state index contributed by atoms with van der Waals surface area (Å²) in [7, 11) is 0. The van der Waals surface area contributed by atoms with Gasteiger partial charge in [-0.3, -0.25) is 14.9 Å². The van der Waals surface area contributed by atoms with E-state index in [1.54, 1.807) is 6.92 Å². The molecule has 0 saturated carbocycles. The van der Waals surface area contributed by atoms with E-state index < -0.39 is 41.3 Å².